The van der Waals surface area contributed by atoms with Crippen LogP contribution >= 0.6 is 0 Å². The first-order chi connectivity index (χ1) is 27.8. The number of para-hydroxylation sites is 1. The number of hydrogen-bond donors (Lipinski definition) is 4. The van der Waals surface area contributed by atoms with Crippen molar-refractivity contribution >= 4 is 40.9 Å². The fourth-order valence-electron chi connectivity index (χ4n) is 7.54. The molecule has 2 aliphatic rings. The highest BCUT2D eigenvalue weighted by atomic mass is 19.1. The number of nitrogens with one attached hydrogen (secondary N) is 3. The molecule has 0 saturated carbocycles. The highest BCUT2D eigenvalue weighted by Gasteiger charge is 2.32. The number of nitrogens with zero attached hydrogens (tertiary/aromatic N) is 5. The van der Waals surface area contributed by atoms with E-state index in [4.69, 9.17) is 0 Å². The van der Waals surface area contributed by atoms with Crippen molar-refractivity contribution in [2.75, 3.05) is 66.2 Å². The number of urea groups is 1. The van der Waals surface area contributed by atoms with Crippen LogP contribution in [0.5, 0.6) is 0 Å². The Morgan fingerprint density at radius 1 is 0.772 bits per heavy atom. The number of halogens is 1. The van der Waals surface area contributed by atoms with Crippen molar-refractivity contribution in [3.63, 3.8) is 0 Å². The minimum absolute atomic E-state index is 0.0494. The van der Waals surface area contributed by atoms with Crippen LogP contribution in [0.15, 0.2) is 122 Å². The lowest BCUT2D eigenvalue weighted by Crippen LogP contribution is -2.50. The summed E-state index contributed by atoms with van der Waals surface area (Å²) in [5, 5.41) is 18.9. The Hall–Kier alpha value is -6.50. The van der Waals surface area contributed by atoms with E-state index in [1.807, 2.05) is 78.9 Å². The molecule has 2 saturated heterocycles. The molecule has 3 amide bonds. The maximum atomic E-state index is 16.0. The first kappa shape index (κ1) is 38.8. The maximum Gasteiger partial charge on any atom is 0.326 e. The first-order valence-electron chi connectivity index (χ1n) is 19.4. The average Bonchev–Trinajstić information content (AvgIpc) is 3.26. The number of carbonyl (C=O) groups is 3. The number of hydrogen-bond acceptors (Lipinski definition) is 8. The molecule has 3 heterocycles. The molecule has 2 atom stereocenters. The lowest BCUT2D eigenvalue weighted by Gasteiger charge is -2.36. The standard InChI is InChI=1S/C44H47FN8O4/c45-39-40(46-28-37(32-11-4-1-5-12-32)33-13-6-2-7-14-33)47-30-48-41(39)53-22-10-15-34(29-53)42(54)50-38(43(55)56)27-31-18-20-35(21-19-31)49-44(57)52-25-23-51(24-26-52)36-16-8-3-9-17-36/h1-9,11-14,16-21,30,34,37-38H,10,15,22-29H2,(H,49,57)(H,50,54)(H,55,56)(H,46,47,48)/t34?,38-/m0/s1. The first-order valence-corrected chi connectivity index (χ1v) is 19.4. The molecule has 12 nitrogen and oxygen atoms in total. The number of aromatic nitrogens is 2. The van der Waals surface area contributed by atoms with E-state index in [0.29, 0.717) is 50.3 Å². The van der Waals surface area contributed by atoms with E-state index in [1.54, 1.807) is 34.1 Å². The second-order valence-corrected chi connectivity index (χ2v) is 14.4. The van der Waals surface area contributed by atoms with Gasteiger partial charge in [-0.1, -0.05) is 91.0 Å². The number of benzene rings is 4. The van der Waals surface area contributed by atoms with Gasteiger partial charge in [0.15, 0.2) is 11.6 Å². The third-order valence-electron chi connectivity index (χ3n) is 10.7. The summed E-state index contributed by atoms with van der Waals surface area (Å²) in [5.74, 6) is -2.63. The molecule has 4 aromatic carbocycles. The summed E-state index contributed by atoms with van der Waals surface area (Å²) < 4.78 is 16.0. The molecule has 0 radical (unpaired) electrons. The summed E-state index contributed by atoms with van der Waals surface area (Å²) in [6, 6.07) is 35.7. The molecule has 57 heavy (non-hydrogen) atoms. The molecule has 294 valence electrons. The predicted molar refractivity (Wildman–Crippen MR) is 219 cm³/mol. The Kier molecular flexibility index (Phi) is 12.5. The summed E-state index contributed by atoms with van der Waals surface area (Å²) in [6.45, 7) is 3.72. The van der Waals surface area contributed by atoms with E-state index in [9.17, 15) is 19.5 Å². The molecule has 2 aliphatic heterocycles. The largest absolute Gasteiger partial charge is 0.480 e. The SMILES string of the molecule is O=C(N[C@@H](Cc1ccc(NC(=O)N2CCN(c3ccccc3)CC2)cc1)C(=O)O)C1CCCN(c2ncnc(NCC(c3ccccc3)c3ccccc3)c2F)C1. The predicted octanol–water partition coefficient (Wildman–Crippen LogP) is 6.24. The van der Waals surface area contributed by atoms with Gasteiger partial charge in [-0.3, -0.25) is 4.79 Å². The normalized spacial score (nSPS) is 16.2. The van der Waals surface area contributed by atoms with Gasteiger partial charge in [-0.05, 0) is 53.8 Å². The van der Waals surface area contributed by atoms with Gasteiger partial charge in [0.05, 0.1) is 5.92 Å². The van der Waals surface area contributed by atoms with Crippen molar-refractivity contribution in [1.29, 1.82) is 0 Å². The highest BCUT2D eigenvalue weighted by molar-refractivity contribution is 5.89. The van der Waals surface area contributed by atoms with Gasteiger partial charge < -0.3 is 35.8 Å². The van der Waals surface area contributed by atoms with E-state index >= 15 is 4.39 Å². The zero-order valence-corrected chi connectivity index (χ0v) is 31.6. The molecule has 13 heteroatoms. The molecule has 1 aromatic heterocycles. The summed E-state index contributed by atoms with van der Waals surface area (Å²) in [4.78, 5) is 53.0. The summed E-state index contributed by atoms with van der Waals surface area (Å²) in [6.07, 6.45) is 2.49. The van der Waals surface area contributed by atoms with Crippen LogP contribution in [0.2, 0.25) is 0 Å². The monoisotopic (exact) mass is 770 g/mol. The van der Waals surface area contributed by atoms with Crippen LogP contribution in [-0.2, 0) is 16.0 Å². The Morgan fingerprint density at radius 3 is 2.04 bits per heavy atom. The second-order valence-electron chi connectivity index (χ2n) is 14.4. The Balaban J connectivity index is 0.923. The number of rotatable bonds is 13. The van der Waals surface area contributed by atoms with Gasteiger partial charge in [0.25, 0.3) is 0 Å². The van der Waals surface area contributed by atoms with Gasteiger partial charge in [0.2, 0.25) is 11.7 Å². The third-order valence-corrected chi connectivity index (χ3v) is 10.7. The molecule has 0 aliphatic carbocycles. The molecule has 0 spiro atoms. The van der Waals surface area contributed by atoms with Gasteiger partial charge in [-0.15, -0.1) is 0 Å². The van der Waals surface area contributed by atoms with Crippen LogP contribution < -0.4 is 25.8 Å². The Morgan fingerprint density at radius 2 is 1.40 bits per heavy atom. The molecule has 5 aromatic rings. The van der Waals surface area contributed by atoms with Crippen molar-refractivity contribution in [3.05, 3.63) is 144 Å². The van der Waals surface area contributed by atoms with Gasteiger partial charge in [0, 0.05) is 69.5 Å². The number of piperidine rings is 1. The van der Waals surface area contributed by atoms with Gasteiger partial charge >= 0.3 is 12.0 Å². The van der Waals surface area contributed by atoms with E-state index in [2.05, 4.69) is 43.0 Å². The van der Waals surface area contributed by atoms with Gasteiger partial charge in [0.1, 0.15) is 12.4 Å². The summed E-state index contributed by atoms with van der Waals surface area (Å²) in [5.41, 5.74) is 4.58. The smallest absolute Gasteiger partial charge is 0.326 e. The van der Waals surface area contributed by atoms with Crippen LogP contribution in [0, 0.1) is 11.7 Å². The minimum Gasteiger partial charge on any atom is -0.480 e. The lowest BCUT2D eigenvalue weighted by atomic mass is 9.91. The number of piperazine rings is 1. The van der Waals surface area contributed by atoms with Crippen LogP contribution in [-0.4, -0.2) is 89.7 Å². The van der Waals surface area contributed by atoms with Crippen molar-refractivity contribution < 1.29 is 23.9 Å². The van der Waals surface area contributed by atoms with Crippen LogP contribution in [0.25, 0.3) is 0 Å². The van der Waals surface area contributed by atoms with Crippen molar-refractivity contribution in [3.8, 4) is 0 Å². The topological polar surface area (TPSA) is 143 Å². The number of anilines is 4. The van der Waals surface area contributed by atoms with E-state index < -0.39 is 29.7 Å². The molecule has 2 fully saturated rings. The van der Waals surface area contributed by atoms with E-state index in [-0.39, 0.29) is 36.6 Å². The Bertz CT molecular complexity index is 2060. The second kappa shape index (κ2) is 18.4. The molecule has 0 bridgehead atoms. The van der Waals surface area contributed by atoms with Gasteiger partial charge in [-0.2, -0.15) is 4.39 Å². The molecule has 1 unspecified atom stereocenters. The Labute approximate surface area is 331 Å². The highest BCUT2D eigenvalue weighted by Crippen LogP contribution is 2.29. The minimum atomic E-state index is -1.18. The molecular formula is C44H47FN8O4. The molecule has 4 N–H and O–H groups in total. The summed E-state index contributed by atoms with van der Waals surface area (Å²) >= 11 is 0. The third kappa shape index (κ3) is 9.85. The number of aliphatic carboxylic acids is 1. The zero-order valence-electron chi connectivity index (χ0n) is 31.6. The van der Waals surface area contributed by atoms with Crippen molar-refractivity contribution in [1.82, 2.24) is 20.2 Å². The number of amides is 3. The maximum absolute atomic E-state index is 16.0. The van der Waals surface area contributed by atoms with Gasteiger partial charge in [-0.25, -0.2) is 19.6 Å². The number of carboxylic acid groups (broad SMARTS) is 1. The van der Waals surface area contributed by atoms with E-state index in [0.717, 1.165) is 29.9 Å². The van der Waals surface area contributed by atoms with Crippen LogP contribution in [0.4, 0.5) is 32.2 Å². The van der Waals surface area contributed by atoms with Crippen molar-refractivity contribution in [2.24, 2.45) is 5.92 Å². The fourth-order valence-corrected chi connectivity index (χ4v) is 7.54. The summed E-state index contributed by atoms with van der Waals surface area (Å²) in [7, 11) is 0. The fraction of sp³-hybridized carbons (Fsp3) is 0.295. The van der Waals surface area contributed by atoms with Crippen LogP contribution in [0.3, 0.4) is 0 Å². The number of carboxylic acids is 1. The van der Waals surface area contributed by atoms with Crippen LogP contribution in [0.1, 0.15) is 35.4 Å². The van der Waals surface area contributed by atoms with Crippen molar-refractivity contribution in [2.45, 2.75) is 31.2 Å². The number of carbonyl (C=O) groups excluding carboxylic acids is 2. The quantitative estimate of drug-likeness (QED) is 0.109. The molecule has 7 rings (SSSR count). The lowest BCUT2D eigenvalue weighted by molar-refractivity contribution is -0.142. The molecular weight excluding hydrogens is 724 g/mol. The van der Waals surface area contributed by atoms with E-state index in [1.165, 1.54) is 6.33 Å². The zero-order chi connectivity index (χ0) is 39.6. The average molecular weight is 771 g/mol.